The van der Waals surface area contributed by atoms with Gasteiger partial charge in [0.1, 0.15) is 0 Å². The van der Waals surface area contributed by atoms with Crippen LogP contribution in [0.4, 0.5) is 0 Å². The topological polar surface area (TPSA) is 0 Å². The highest BCUT2D eigenvalue weighted by Gasteiger charge is 1.96. The average Bonchev–Trinajstić information content (AvgIpc) is 2.35. The van der Waals surface area contributed by atoms with Gasteiger partial charge in [0.15, 0.2) is 0 Å². The molecule has 0 radical (unpaired) electrons. The van der Waals surface area contributed by atoms with Crippen molar-refractivity contribution in [2.75, 3.05) is 5.88 Å². The maximum absolute atomic E-state index is 5.67. The van der Waals surface area contributed by atoms with Gasteiger partial charge in [0.25, 0.3) is 0 Å². The lowest BCUT2D eigenvalue weighted by atomic mass is 10.0. The van der Waals surface area contributed by atoms with Crippen LogP contribution < -0.4 is 0 Å². The van der Waals surface area contributed by atoms with Crippen LogP contribution in [0.5, 0.6) is 0 Å². The van der Waals surface area contributed by atoms with Crippen LogP contribution >= 0.6 is 11.6 Å². The van der Waals surface area contributed by atoms with Crippen LogP contribution in [0.2, 0.25) is 0 Å². The molecule has 0 spiro atoms. The third kappa shape index (κ3) is 7.01. The molecule has 0 unspecified atom stereocenters. The SMILES string of the molecule is C=CC(=C\C=C(/C)CC)/C(/C=C\CCl)=C/CC. The molecular weight excluding hydrogens is 228 g/mol. The van der Waals surface area contributed by atoms with Crippen molar-refractivity contribution >= 4 is 11.6 Å². The van der Waals surface area contributed by atoms with Crippen molar-refractivity contribution in [3.05, 3.63) is 59.8 Å². The summed E-state index contributed by atoms with van der Waals surface area (Å²) in [6, 6.07) is 0. The van der Waals surface area contributed by atoms with Crippen LogP contribution in [0.3, 0.4) is 0 Å². The zero-order chi connectivity index (χ0) is 13.1. The molecule has 0 aromatic carbocycles. The zero-order valence-corrected chi connectivity index (χ0v) is 11.9. The van der Waals surface area contributed by atoms with Crippen molar-refractivity contribution in [1.29, 1.82) is 0 Å². The Bertz CT molecular complexity index is 341. The van der Waals surface area contributed by atoms with E-state index in [0.717, 1.165) is 18.4 Å². The molecule has 0 saturated heterocycles. The van der Waals surface area contributed by atoms with E-state index in [-0.39, 0.29) is 0 Å². The van der Waals surface area contributed by atoms with Gasteiger partial charge in [-0.05, 0) is 30.9 Å². The molecule has 0 nitrogen and oxygen atoms in total. The molecule has 94 valence electrons. The number of allylic oxidation sites excluding steroid dienone is 9. The average molecular weight is 251 g/mol. The van der Waals surface area contributed by atoms with E-state index < -0.39 is 0 Å². The fourth-order valence-corrected chi connectivity index (χ4v) is 1.39. The standard InChI is InChI=1S/C16H23Cl/c1-5-9-16(10-8-13-17)15(7-3)12-11-14(4)6-2/h7-12H,3,5-6,13H2,1-2,4H3/b10-8-,14-11+,15-12+,16-9+. The molecule has 17 heavy (non-hydrogen) atoms. The minimum Gasteiger partial charge on any atom is -0.122 e. The van der Waals surface area contributed by atoms with E-state index in [9.17, 15) is 0 Å². The lowest BCUT2D eigenvalue weighted by Crippen LogP contribution is -1.84. The summed E-state index contributed by atoms with van der Waals surface area (Å²) in [5.41, 5.74) is 3.69. The molecule has 1 heteroatoms. The summed E-state index contributed by atoms with van der Waals surface area (Å²) in [7, 11) is 0. The number of halogens is 1. The van der Waals surface area contributed by atoms with Gasteiger partial charge in [0, 0.05) is 5.88 Å². The van der Waals surface area contributed by atoms with Gasteiger partial charge < -0.3 is 0 Å². The van der Waals surface area contributed by atoms with E-state index in [1.54, 1.807) is 0 Å². The zero-order valence-electron chi connectivity index (χ0n) is 11.2. The Hall–Kier alpha value is -1.01. The predicted octanol–water partition coefficient (Wildman–Crippen LogP) is 5.59. The Morgan fingerprint density at radius 3 is 2.35 bits per heavy atom. The van der Waals surface area contributed by atoms with Crippen LogP contribution in [-0.4, -0.2) is 5.88 Å². The molecule has 0 saturated carbocycles. The van der Waals surface area contributed by atoms with E-state index in [2.05, 4.69) is 51.7 Å². The third-order valence-corrected chi connectivity index (χ3v) is 2.65. The summed E-state index contributed by atoms with van der Waals surface area (Å²) in [6.45, 7) is 10.3. The van der Waals surface area contributed by atoms with Crippen LogP contribution in [0, 0.1) is 0 Å². The Morgan fingerprint density at radius 2 is 1.88 bits per heavy atom. The fraction of sp³-hybridized carbons (Fsp3) is 0.375. The highest BCUT2D eigenvalue weighted by Crippen LogP contribution is 2.15. The smallest absolute Gasteiger partial charge is 0.0407 e. The first-order valence-corrected chi connectivity index (χ1v) is 6.65. The van der Waals surface area contributed by atoms with Crippen molar-refractivity contribution in [3.63, 3.8) is 0 Å². The van der Waals surface area contributed by atoms with Crippen molar-refractivity contribution in [1.82, 2.24) is 0 Å². The molecule has 0 amide bonds. The molecule has 0 fully saturated rings. The number of hydrogen-bond acceptors (Lipinski definition) is 0. The van der Waals surface area contributed by atoms with Gasteiger partial charge in [-0.2, -0.15) is 0 Å². The van der Waals surface area contributed by atoms with Crippen LogP contribution in [-0.2, 0) is 0 Å². The van der Waals surface area contributed by atoms with E-state index in [1.165, 1.54) is 11.1 Å². The Morgan fingerprint density at radius 1 is 1.18 bits per heavy atom. The number of alkyl halides is 1. The second-order valence-electron chi connectivity index (χ2n) is 3.82. The number of rotatable bonds is 7. The second-order valence-corrected chi connectivity index (χ2v) is 4.13. The van der Waals surface area contributed by atoms with Gasteiger partial charge in [-0.3, -0.25) is 0 Å². The molecule has 0 heterocycles. The normalized spacial score (nSPS) is 14.5. The summed E-state index contributed by atoms with van der Waals surface area (Å²) < 4.78 is 0. The molecule has 0 bridgehead atoms. The molecule has 0 aromatic heterocycles. The van der Waals surface area contributed by atoms with Gasteiger partial charge in [-0.1, -0.05) is 62.5 Å². The highest BCUT2D eigenvalue weighted by molar-refractivity contribution is 6.18. The molecule has 0 aliphatic rings. The monoisotopic (exact) mass is 250 g/mol. The third-order valence-electron chi connectivity index (χ3n) is 2.47. The summed E-state index contributed by atoms with van der Waals surface area (Å²) in [4.78, 5) is 0. The second kappa shape index (κ2) is 10.2. The van der Waals surface area contributed by atoms with Crippen molar-refractivity contribution in [2.24, 2.45) is 0 Å². The molecule has 0 aliphatic heterocycles. The van der Waals surface area contributed by atoms with Gasteiger partial charge in [-0.15, -0.1) is 11.6 Å². The largest absolute Gasteiger partial charge is 0.122 e. The van der Waals surface area contributed by atoms with Crippen molar-refractivity contribution < 1.29 is 0 Å². The van der Waals surface area contributed by atoms with E-state index in [0.29, 0.717) is 5.88 Å². The minimum absolute atomic E-state index is 0.537. The maximum Gasteiger partial charge on any atom is 0.0407 e. The highest BCUT2D eigenvalue weighted by atomic mass is 35.5. The number of hydrogen-bond donors (Lipinski definition) is 0. The minimum atomic E-state index is 0.537. The van der Waals surface area contributed by atoms with Crippen molar-refractivity contribution in [3.8, 4) is 0 Å². The molecule has 0 atom stereocenters. The first kappa shape index (κ1) is 16.0. The Balaban J connectivity index is 5.11. The first-order chi connectivity index (χ1) is 8.19. The maximum atomic E-state index is 5.67. The predicted molar refractivity (Wildman–Crippen MR) is 80.6 cm³/mol. The van der Waals surface area contributed by atoms with E-state index in [1.807, 2.05) is 12.2 Å². The summed E-state index contributed by atoms with van der Waals surface area (Å²) >= 11 is 5.67. The van der Waals surface area contributed by atoms with E-state index in [4.69, 9.17) is 11.6 Å². The van der Waals surface area contributed by atoms with Crippen LogP contribution in [0.25, 0.3) is 0 Å². The molecule has 0 aliphatic carbocycles. The summed E-state index contributed by atoms with van der Waals surface area (Å²) in [6.07, 6.45) is 14.4. The summed E-state index contributed by atoms with van der Waals surface area (Å²) in [5, 5.41) is 0. The van der Waals surface area contributed by atoms with E-state index >= 15 is 0 Å². The lowest BCUT2D eigenvalue weighted by Gasteiger charge is -2.03. The molecule has 0 N–H and O–H groups in total. The van der Waals surface area contributed by atoms with Gasteiger partial charge in [0.2, 0.25) is 0 Å². The Labute approximate surface area is 111 Å². The quantitative estimate of drug-likeness (QED) is 0.408. The first-order valence-electron chi connectivity index (χ1n) is 6.12. The van der Waals surface area contributed by atoms with Crippen molar-refractivity contribution in [2.45, 2.75) is 33.6 Å². The van der Waals surface area contributed by atoms with Gasteiger partial charge in [0.05, 0.1) is 0 Å². The molecular formula is C16H23Cl. The van der Waals surface area contributed by atoms with Crippen LogP contribution in [0.15, 0.2) is 59.8 Å². The van der Waals surface area contributed by atoms with Gasteiger partial charge >= 0.3 is 0 Å². The van der Waals surface area contributed by atoms with Gasteiger partial charge in [-0.25, -0.2) is 0 Å². The Kier molecular flexibility index (Phi) is 9.56. The van der Waals surface area contributed by atoms with Crippen LogP contribution in [0.1, 0.15) is 33.6 Å². The molecule has 0 aromatic rings. The lowest BCUT2D eigenvalue weighted by molar-refractivity contribution is 1.10. The summed E-state index contributed by atoms with van der Waals surface area (Å²) in [5.74, 6) is 0.537. The molecule has 0 rings (SSSR count). The fourth-order valence-electron chi connectivity index (χ4n) is 1.31.